The Labute approximate surface area is 148 Å². The number of hydrogen-bond donors (Lipinski definition) is 1. The molecule has 2 aromatic rings. The Morgan fingerprint density at radius 2 is 1.68 bits per heavy atom. The zero-order chi connectivity index (χ0) is 18.0. The summed E-state index contributed by atoms with van der Waals surface area (Å²) >= 11 is 5.66. The van der Waals surface area contributed by atoms with Gasteiger partial charge in [0.1, 0.15) is 0 Å². The highest BCUT2D eigenvalue weighted by atomic mass is 35.5. The first-order chi connectivity index (χ1) is 12.0. The van der Waals surface area contributed by atoms with Crippen LogP contribution in [0.4, 0.5) is 10.1 Å². The number of carbonyl (C=O) groups excluding carboxylic acids is 3. The van der Waals surface area contributed by atoms with Gasteiger partial charge in [0.05, 0.1) is 21.8 Å². The molecule has 5 nitrogen and oxygen atoms in total. The summed E-state index contributed by atoms with van der Waals surface area (Å²) in [6.07, 6.45) is 0.318. The Hall–Kier alpha value is -2.73. The van der Waals surface area contributed by atoms with Crippen molar-refractivity contribution in [3.05, 3.63) is 64.4 Å². The van der Waals surface area contributed by atoms with Crippen molar-refractivity contribution in [2.75, 3.05) is 11.9 Å². The summed E-state index contributed by atoms with van der Waals surface area (Å²) in [5.74, 6) is -1.83. The van der Waals surface area contributed by atoms with Crippen molar-refractivity contribution in [2.24, 2.45) is 0 Å². The first-order valence-electron chi connectivity index (χ1n) is 7.68. The van der Waals surface area contributed by atoms with Crippen molar-refractivity contribution in [2.45, 2.75) is 12.8 Å². The molecular weight excluding hydrogens is 347 g/mol. The van der Waals surface area contributed by atoms with Crippen LogP contribution in [-0.4, -0.2) is 29.2 Å². The van der Waals surface area contributed by atoms with Crippen LogP contribution in [0.1, 0.15) is 33.6 Å². The molecule has 25 heavy (non-hydrogen) atoms. The fourth-order valence-electron chi connectivity index (χ4n) is 2.65. The summed E-state index contributed by atoms with van der Waals surface area (Å²) in [5.41, 5.74) is 0.745. The topological polar surface area (TPSA) is 66.5 Å². The van der Waals surface area contributed by atoms with Gasteiger partial charge in [0.2, 0.25) is 5.91 Å². The van der Waals surface area contributed by atoms with Crippen LogP contribution >= 0.6 is 11.6 Å². The quantitative estimate of drug-likeness (QED) is 0.830. The van der Waals surface area contributed by atoms with Crippen molar-refractivity contribution in [3.8, 4) is 0 Å². The van der Waals surface area contributed by atoms with Gasteiger partial charge in [-0.1, -0.05) is 29.8 Å². The lowest BCUT2D eigenvalue weighted by Gasteiger charge is -2.13. The maximum absolute atomic E-state index is 13.7. The molecule has 0 radical (unpaired) electrons. The number of nitrogens with one attached hydrogen (secondary N) is 1. The average molecular weight is 361 g/mol. The zero-order valence-electron chi connectivity index (χ0n) is 13.1. The molecule has 3 amide bonds. The number of halogens is 2. The normalized spacial score (nSPS) is 13.1. The second-order valence-corrected chi connectivity index (χ2v) is 5.97. The lowest BCUT2D eigenvalue weighted by molar-refractivity contribution is -0.116. The van der Waals surface area contributed by atoms with Crippen LogP contribution in [0.5, 0.6) is 0 Å². The van der Waals surface area contributed by atoms with Crippen molar-refractivity contribution >= 4 is 35.0 Å². The molecule has 0 unspecified atom stereocenters. The minimum absolute atomic E-state index is 0.00164. The molecule has 2 aromatic carbocycles. The standard InChI is InChI=1S/C18H14ClFN2O3/c19-13-7-3-8-14(16(13)20)21-15(23)9-4-10-22-17(24)11-5-1-2-6-12(11)18(22)25/h1-3,5-8H,4,9-10H2,(H,21,23). The molecular formula is C18H14ClFN2O3. The van der Waals surface area contributed by atoms with E-state index in [0.29, 0.717) is 11.1 Å². The molecule has 0 saturated carbocycles. The number of imide groups is 1. The van der Waals surface area contributed by atoms with Gasteiger partial charge in [-0.15, -0.1) is 0 Å². The smallest absolute Gasteiger partial charge is 0.261 e. The molecule has 7 heteroatoms. The molecule has 1 N–H and O–H groups in total. The van der Waals surface area contributed by atoms with Crippen LogP contribution in [0.25, 0.3) is 0 Å². The lowest BCUT2D eigenvalue weighted by atomic mass is 10.1. The van der Waals surface area contributed by atoms with Gasteiger partial charge in [-0.3, -0.25) is 19.3 Å². The van der Waals surface area contributed by atoms with E-state index in [2.05, 4.69) is 5.32 Å². The van der Waals surface area contributed by atoms with Gasteiger partial charge >= 0.3 is 0 Å². The molecule has 0 saturated heterocycles. The largest absolute Gasteiger partial charge is 0.324 e. The van der Waals surface area contributed by atoms with E-state index in [-0.39, 0.29) is 41.9 Å². The van der Waals surface area contributed by atoms with Gasteiger partial charge in [0.25, 0.3) is 11.8 Å². The zero-order valence-corrected chi connectivity index (χ0v) is 13.8. The number of nitrogens with zero attached hydrogens (tertiary/aromatic N) is 1. The van der Waals surface area contributed by atoms with Crippen molar-refractivity contribution in [3.63, 3.8) is 0 Å². The Bertz CT molecular complexity index is 834. The van der Waals surface area contributed by atoms with Gasteiger partial charge in [0.15, 0.2) is 5.82 Å². The lowest BCUT2D eigenvalue weighted by Crippen LogP contribution is -2.31. The van der Waals surface area contributed by atoms with E-state index in [1.54, 1.807) is 24.3 Å². The fourth-order valence-corrected chi connectivity index (χ4v) is 2.83. The number of hydrogen-bond acceptors (Lipinski definition) is 3. The summed E-state index contributed by atoms with van der Waals surface area (Å²) in [6.45, 7) is 0.123. The van der Waals surface area contributed by atoms with Crippen molar-refractivity contribution in [1.82, 2.24) is 4.90 Å². The molecule has 1 aliphatic rings. The van der Waals surface area contributed by atoms with Gasteiger partial charge < -0.3 is 5.32 Å². The summed E-state index contributed by atoms with van der Waals surface area (Å²) in [6, 6.07) is 10.9. The molecule has 0 aromatic heterocycles. The second-order valence-electron chi connectivity index (χ2n) is 5.56. The third kappa shape index (κ3) is 3.39. The SMILES string of the molecule is O=C(CCCN1C(=O)c2ccccc2C1=O)Nc1cccc(Cl)c1F. The fraction of sp³-hybridized carbons (Fsp3) is 0.167. The van der Waals surface area contributed by atoms with E-state index >= 15 is 0 Å². The van der Waals surface area contributed by atoms with E-state index in [9.17, 15) is 18.8 Å². The third-order valence-electron chi connectivity index (χ3n) is 3.89. The van der Waals surface area contributed by atoms with E-state index in [1.165, 1.54) is 18.2 Å². The molecule has 0 spiro atoms. The van der Waals surface area contributed by atoms with Crippen LogP contribution in [-0.2, 0) is 4.79 Å². The average Bonchev–Trinajstić information content (AvgIpc) is 2.84. The van der Waals surface area contributed by atoms with E-state index in [1.807, 2.05) is 0 Å². The summed E-state index contributed by atoms with van der Waals surface area (Å²) in [5, 5.41) is 2.35. The van der Waals surface area contributed by atoms with Gasteiger partial charge in [0, 0.05) is 13.0 Å². The predicted octanol–water partition coefficient (Wildman–Crippen LogP) is 3.49. The Morgan fingerprint density at radius 3 is 2.32 bits per heavy atom. The van der Waals surface area contributed by atoms with Crippen LogP contribution in [0.15, 0.2) is 42.5 Å². The van der Waals surface area contributed by atoms with Crippen LogP contribution in [0.2, 0.25) is 5.02 Å². The van der Waals surface area contributed by atoms with Gasteiger partial charge in [-0.25, -0.2) is 4.39 Å². The molecule has 0 fully saturated rings. The highest BCUT2D eigenvalue weighted by Gasteiger charge is 2.34. The number of rotatable bonds is 5. The predicted molar refractivity (Wildman–Crippen MR) is 91.1 cm³/mol. The number of fused-ring (bicyclic) bond motifs is 1. The van der Waals surface area contributed by atoms with Gasteiger partial charge in [-0.2, -0.15) is 0 Å². The minimum atomic E-state index is -0.696. The maximum Gasteiger partial charge on any atom is 0.261 e. The number of carbonyl (C=O) groups is 3. The highest BCUT2D eigenvalue weighted by Crippen LogP contribution is 2.24. The van der Waals surface area contributed by atoms with Crippen LogP contribution < -0.4 is 5.32 Å². The highest BCUT2D eigenvalue weighted by molar-refractivity contribution is 6.31. The number of anilines is 1. The minimum Gasteiger partial charge on any atom is -0.324 e. The Kier molecular flexibility index (Phi) is 4.81. The van der Waals surface area contributed by atoms with E-state index in [4.69, 9.17) is 11.6 Å². The molecule has 1 aliphatic heterocycles. The number of benzene rings is 2. The molecule has 0 atom stereocenters. The summed E-state index contributed by atoms with van der Waals surface area (Å²) in [7, 11) is 0. The van der Waals surface area contributed by atoms with Crippen molar-refractivity contribution < 1.29 is 18.8 Å². The molecule has 0 aliphatic carbocycles. The van der Waals surface area contributed by atoms with Crippen LogP contribution in [0, 0.1) is 5.82 Å². The third-order valence-corrected chi connectivity index (χ3v) is 4.18. The molecule has 1 heterocycles. The summed E-state index contributed by atoms with van der Waals surface area (Å²) < 4.78 is 13.7. The van der Waals surface area contributed by atoms with E-state index in [0.717, 1.165) is 4.90 Å². The maximum atomic E-state index is 13.7. The molecule has 3 rings (SSSR count). The van der Waals surface area contributed by atoms with E-state index < -0.39 is 11.7 Å². The van der Waals surface area contributed by atoms with Crippen LogP contribution in [0.3, 0.4) is 0 Å². The monoisotopic (exact) mass is 360 g/mol. The Balaban J connectivity index is 1.55. The molecule has 0 bridgehead atoms. The van der Waals surface area contributed by atoms with Gasteiger partial charge in [-0.05, 0) is 30.7 Å². The first-order valence-corrected chi connectivity index (χ1v) is 8.06. The molecule has 128 valence electrons. The van der Waals surface area contributed by atoms with Crippen molar-refractivity contribution in [1.29, 1.82) is 0 Å². The summed E-state index contributed by atoms with van der Waals surface area (Å²) in [4.78, 5) is 37.4. The number of amides is 3. The Morgan fingerprint density at radius 1 is 1.04 bits per heavy atom. The first kappa shape index (κ1) is 17.1. The second kappa shape index (κ2) is 7.03.